The van der Waals surface area contributed by atoms with Gasteiger partial charge >= 0.3 is 11.9 Å². The Kier molecular flexibility index (Phi) is 4.42. The van der Waals surface area contributed by atoms with Crippen LogP contribution >= 0.6 is 0 Å². The minimum absolute atomic E-state index is 0.153. The number of aliphatic carboxylic acids is 2. The summed E-state index contributed by atoms with van der Waals surface area (Å²) in [7, 11) is 0. The molecule has 1 aliphatic rings. The van der Waals surface area contributed by atoms with E-state index in [1.165, 1.54) is 0 Å². The van der Waals surface area contributed by atoms with Crippen LogP contribution in [0.1, 0.15) is 28.8 Å². The molecule has 0 saturated heterocycles. The fraction of sp³-hybridized carbons (Fsp3) is 0.357. The smallest absolute Gasteiger partial charge is 0.326 e. The first-order valence-electron chi connectivity index (χ1n) is 6.59. The third-order valence-corrected chi connectivity index (χ3v) is 3.33. The molecule has 0 unspecified atom stereocenters. The zero-order chi connectivity index (χ0) is 15.4. The van der Waals surface area contributed by atoms with Crippen LogP contribution in [0.2, 0.25) is 0 Å². The number of carbonyl (C=O) groups excluding carboxylic acids is 1. The molecule has 7 heteroatoms. The number of fused-ring (bicyclic) bond motifs is 1. The van der Waals surface area contributed by atoms with Gasteiger partial charge in [0.1, 0.15) is 6.04 Å². The molecule has 0 spiro atoms. The van der Waals surface area contributed by atoms with Crippen molar-refractivity contribution in [2.24, 2.45) is 0 Å². The highest BCUT2D eigenvalue weighted by atomic mass is 16.4. The molecule has 0 bridgehead atoms. The number of carbonyl (C=O) groups is 3. The molecule has 0 radical (unpaired) electrons. The third-order valence-electron chi connectivity index (χ3n) is 3.33. The van der Waals surface area contributed by atoms with Gasteiger partial charge in [0.25, 0.3) is 5.91 Å². The molecule has 7 nitrogen and oxygen atoms in total. The van der Waals surface area contributed by atoms with Gasteiger partial charge < -0.3 is 20.8 Å². The highest BCUT2D eigenvalue weighted by Gasteiger charge is 2.22. The molecular weight excluding hydrogens is 276 g/mol. The molecule has 2 rings (SSSR count). The summed E-state index contributed by atoms with van der Waals surface area (Å²) >= 11 is 0. The number of benzene rings is 1. The van der Waals surface area contributed by atoms with E-state index in [0.717, 1.165) is 24.2 Å². The number of nitrogens with one attached hydrogen (secondary N) is 2. The van der Waals surface area contributed by atoms with Crippen LogP contribution in [0, 0.1) is 0 Å². The van der Waals surface area contributed by atoms with E-state index in [9.17, 15) is 14.4 Å². The Morgan fingerprint density at radius 1 is 1.29 bits per heavy atom. The quantitative estimate of drug-likeness (QED) is 0.613. The molecule has 21 heavy (non-hydrogen) atoms. The van der Waals surface area contributed by atoms with Crippen LogP contribution in [-0.2, 0) is 16.0 Å². The molecule has 1 aromatic carbocycles. The normalized spacial score (nSPS) is 13.9. The summed E-state index contributed by atoms with van der Waals surface area (Å²) in [6.45, 7) is 0.816. The van der Waals surface area contributed by atoms with Crippen molar-refractivity contribution in [3.05, 3.63) is 29.3 Å². The summed E-state index contributed by atoms with van der Waals surface area (Å²) < 4.78 is 0. The minimum atomic E-state index is -1.25. The number of amides is 1. The third kappa shape index (κ3) is 3.71. The minimum Gasteiger partial charge on any atom is -0.481 e. The maximum atomic E-state index is 12.1. The Bertz CT molecular complexity index is 585. The van der Waals surface area contributed by atoms with Crippen molar-refractivity contribution in [3.63, 3.8) is 0 Å². The van der Waals surface area contributed by atoms with Gasteiger partial charge in [0, 0.05) is 24.2 Å². The largest absolute Gasteiger partial charge is 0.481 e. The first-order chi connectivity index (χ1) is 9.97. The molecule has 1 aliphatic heterocycles. The van der Waals surface area contributed by atoms with Crippen LogP contribution in [0.25, 0.3) is 0 Å². The van der Waals surface area contributed by atoms with Crippen molar-refractivity contribution < 1.29 is 24.6 Å². The number of anilines is 1. The number of carboxylic acid groups (broad SMARTS) is 2. The van der Waals surface area contributed by atoms with Gasteiger partial charge in [0.2, 0.25) is 0 Å². The summed E-state index contributed by atoms with van der Waals surface area (Å²) in [5, 5.41) is 23.1. The van der Waals surface area contributed by atoms with Crippen LogP contribution in [-0.4, -0.2) is 40.6 Å². The zero-order valence-electron chi connectivity index (χ0n) is 11.3. The van der Waals surface area contributed by atoms with Crippen molar-refractivity contribution in [2.75, 3.05) is 11.9 Å². The van der Waals surface area contributed by atoms with Crippen LogP contribution in [0.3, 0.4) is 0 Å². The summed E-state index contributed by atoms with van der Waals surface area (Å²) in [5.41, 5.74) is 2.34. The van der Waals surface area contributed by atoms with Gasteiger partial charge in [-0.05, 0) is 30.5 Å². The van der Waals surface area contributed by atoms with E-state index in [-0.39, 0.29) is 12.8 Å². The van der Waals surface area contributed by atoms with E-state index in [0.29, 0.717) is 5.56 Å². The summed E-state index contributed by atoms with van der Waals surface area (Å²) in [4.78, 5) is 33.6. The van der Waals surface area contributed by atoms with Crippen LogP contribution < -0.4 is 10.6 Å². The Morgan fingerprint density at radius 2 is 2.05 bits per heavy atom. The second kappa shape index (κ2) is 6.25. The Labute approximate surface area is 121 Å². The second-order valence-electron chi connectivity index (χ2n) is 4.85. The first kappa shape index (κ1) is 14.8. The van der Waals surface area contributed by atoms with Gasteiger partial charge in [-0.25, -0.2) is 4.79 Å². The van der Waals surface area contributed by atoms with Crippen molar-refractivity contribution in [1.29, 1.82) is 0 Å². The van der Waals surface area contributed by atoms with Crippen LogP contribution in [0.4, 0.5) is 5.69 Å². The van der Waals surface area contributed by atoms with E-state index in [1.807, 2.05) is 6.07 Å². The molecular formula is C14H16N2O5. The summed E-state index contributed by atoms with van der Waals surface area (Å²) in [5.74, 6) is -2.87. The van der Waals surface area contributed by atoms with Gasteiger partial charge in [-0.15, -0.1) is 0 Å². The van der Waals surface area contributed by atoms with Gasteiger partial charge in [-0.3, -0.25) is 9.59 Å². The first-order valence-corrected chi connectivity index (χ1v) is 6.59. The number of hydrogen-bond donors (Lipinski definition) is 4. The van der Waals surface area contributed by atoms with E-state index < -0.39 is 23.9 Å². The molecule has 1 amide bonds. The molecule has 0 aliphatic carbocycles. The Balaban J connectivity index is 2.04. The maximum Gasteiger partial charge on any atom is 0.326 e. The highest BCUT2D eigenvalue weighted by molar-refractivity contribution is 5.97. The average molecular weight is 292 g/mol. The Hall–Kier alpha value is -2.57. The van der Waals surface area contributed by atoms with Crippen molar-refractivity contribution >= 4 is 23.5 Å². The summed E-state index contributed by atoms with van der Waals surface area (Å²) in [6.07, 6.45) is 0.427. The van der Waals surface area contributed by atoms with Gasteiger partial charge in [-0.2, -0.15) is 0 Å². The second-order valence-corrected chi connectivity index (χ2v) is 4.85. The monoisotopic (exact) mass is 292 g/mol. The van der Waals surface area contributed by atoms with E-state index in [2.05, 4.69) is 10.6 Å². The average Bonchev–Trinajstić information content (AvgIpc) is 2.89. The molecule has 1 heterocycles. The van der Waals surface area contributed by atoms with E-state index in [1.54, 1.807) is 12.1 Å². The zero-order valence-corrected chi connectivity index (χ0v) is 11.3. The number of hydrogen-bond acceptors (Lipinski definition) is 4. The SMILES string of the molecule is O=C(O)CC[C@H](NC(=O)c1ccc2c(c1)NCC2)C(=O)O. The van der Waals surface area contributed by atoms with Crippen LogP contribution in [0.5, 0.6) is 0 Å². The predicted octanol–water partition coefficient (Wildman–Crippen LogP) is 0.702. The molecule has 112 valence electrons. The van der Waals surface area contributed by atoms with E-state index >= 15 is 0 Å². The van der Waals surface area contributed by atoms with Gasteiger partial charge in [0.15, 0.2) is 0 Å². The molecule has 0 fully saturated rings. The van der Waals surface area contributed by atoms with Crippen molar-refractivity contribution in [3.8, 4) is 0 Å². The van der Waals surface area contributed by atoms with Crippen molar-refractivity contribution in [2.45, 2.75) is 25.3 Å². The summed E-state index contributed by atoms with van der Waals surface area (Å²) in [6, 6.07) is 3.93. The molecule has 0 saturated carbocycles. The van der Waals surface area contributed by atoms with Crippen molar-refractivity contribution in [1.82, 2.24) is 5.32 Å². The van der Waals surface area contributed by atoms with Gasteiger partial charge in [-0.1, -0.05) is 6.07 Å². The predicted molar refractivity (Wildman–Crippen MR) is 74.4 cm³/mol. The van der Waals surface area contributed by atoms with Crippen LogP contribution in [0.15, 0.2) is 18.2 Å². The van der Waals surface area contributed by atoms with Gasteiger partial charge in [0.05, 0.1) is 0 Å². The standard InChI is InChI=1S/C14H16N2O5/c17-12(18)4-3-10(14(20)21)16-13(19)9-2-1-8-5-6-15-11(8)7-9/h1-2,7,10,15H,3-6H2,(H,16,19)(H,17,18)(H,20,21)/t10-/m0/s1. The molecule has 1 aromatic rings. The lowest BCUT2D eigenvalue weighted by Gasteiger charge is -2.14. The molecule has 4 N–H and O–H groups in total. The van der Waals surface area contributed by atoms with E-state index in [4.69, 9.17) is 10.2 Å². The molecule has 0 aromatic heterocycles. The lowest BCUT2D eigenvalue weighted by atomic mass is 10.1. The fourth-order valence-electron chi connectivity index (χ4n) is 2.20. The highest BCUT2D eigenvalue weighted by Crippen LogP contribution is 2.23. The number of rotatable bonds is 6. The maximum absolute atomic E-state index is 12.1. The lowest BCUT2D eigenvalue weighted by Crippen LogP contribution is -2.41. The lowest BCUT2D eigenvalue weighted by molar-refractivity contribution is -0.140. The topological polar surface area (TPSA) is 116 Å². The number of carboxylic acids is 2. The Morgan fingerprint density at radius 3 is 2.71 bits per heavy atom. The molecule has 1 atom stereocenters. The fourth-order valence-corrected chi connectivity index (χ4v) is 2.20.